The van der Waals surface area contributed by atoms with Crippen molar-refractivity contribution in [1.29, 1.82) is 0 Å². The standard InChI is InChI=1S/C32H33N3O4/c1-32(2)38-20-23(39-32)19-34-30(36)28-25-13-6-7-14-26(25)31(37)35(29(28)21-10-4-3-5-11-21)17-16-22-18-33-27-15-9-8-12-24(22)27/h3-15,18,23,28-29,33H,16-17,19-20H2,1-2H3,(H,34,36)/t23?,28-,29-/m0/s1. The maximum atomic E-state index is 14.0. The quantitative estimate of drug-likeness (QED) is 0.359. The molecule has 3 aromatic carbocycles. The van der Waals surface area contributed by atoms with Gasteiger partial charge in [-0.05, 0) is 49.1 Å². The van der Waals surface area contributed by atoms with Crippen LogP contribution in [0.25, 0.3) is 10.9 Å². The van der Waals surface area contributed by atoms with Crippen molar-refractivity contribution >= 4 is 22.7 Å². The summed E-state index contributed by atoms with van der Waals surface area (Å²) in [6.07, 6.45) is 2.45. The molecule has 1 fully saturated rings. The van der Waals surface area contributed by atoms with E-state index in [0.29, 0.717) is 31.7 Å². The zero-order chi connectivity index (χ0) is 27.0. The summed E-state index contributed by atoms with van der Waals surface area (Å²) < 4.78 is 11.6. The van der Waals surface area contributed by atoms with Gasteiger partial charge in [0.25, 0.3) is 5.91 Å². The Morgan fingerprint density at radius 2 is 1.77 bits per heavy atom. The average molecular weight is 524 g/mol. The summed E-state index contributed by atoms with van der Waals surface area (Å²) in [6.45, 7) is 4.98. The Balaban J connectivity index is 1.34. The molecule has 4 aromatic rings. The number of aromatic amines is 1. The first-order chi connectivity index (χ1) is 18.9. The van der Waals surface area contributed by atoms with E-state index in [1.165, 1.54) is 0 Å². The fourth-order valence-corrected chi connectivity index (χ4v) is 5.91. The SMILES string of the molecule is CC1(C)OCC(CNC(=O)[C@H]2c3ccccc3C(=O)N(CCc3c[nH]c4ccccc34)[C@H]2c2ccccc2)O1. The highest BCUT2D eigenvalue weighted by Crippen LogP contribution is 2.43. The van der Waals surface area contributed by atoms with Crippen molar-refractivity contribution in [3.05, 3.63) is 107 Å². The van der Waals surface area contributed by atoms with Gasteiger partial charge >= 0.3 is 0 Å². The Kier molecular flexibility index (Phi) is 6.71. The lowest BCUT2D eigenvalue weighted by atomic mass is 9.79. The highest BCUT2D eigenvalue weighted by Gasteiger charge is 2.44. The molecule has 2 N–H and O–H groups in total. The van der Waals surface area contributed by atoms with E-state index in [4.69, 9.17) is 9.47 Å². The number of ether oxygens (including phenoxy) is 2. The monoisotopic (exact) mass is 523 g/mol. The minimum atomic E-state index is -0.662. The molecule has 0 aliphatic carbocycles. The number of fused-ring (bicyclic) bond motifs is 2. The van der Waals surface area contributed by atoms with E-state index < -0.39 is 17.7 Å². The molecule has 3 atom stereocenters. The second kappa shape index (κ2) is 10.3. The van der Waals surface area contributed by atoms with Gasteiger partial charge in [-0.15, -0.1) is 0 Å². The Hall–Kier alpha value is -3.94. The number of aromatic nitrogens is 1. The Morgan fingerprint density at radius 3 is 2.56 bits per heavy atom. The lowest BCUT2D eigenvalue weighted by Gasteiger charge is -2.42. The second-order valence-electron chi connectivity index (χ2n) is 10.7. The number of hydrogen-bond acceptors (Lipinski definition) is 4. The van der Waals surface area contributed by atoms with Crippen LogP contribution >= 0.6 is 0 Å². The number of para-hydroxylation sites is 1. The van der Waals surface area contributed by atoms with Gasteiger partial charge in [-0.25, -0.2) is 0 Å². The number of hydrogen-bond donors (Lipinski definition) is 2. The van der Waals surface area contributed by atoms with Gasteiger partial charge in [0.1, 0.15) is 6.10 Å². The number of carbonyl (C=O) groups is 2. The highest BCUT2D eigenvalue weighted by atomic mass is 16.7. The van der Waals surface area contributed by atoms with Crippen LogP contribution in [0, 0.1) is 0 Å². The maximum absolute atomic E-state index is 14.0. The van der Waals surface area contributed by atoms with Gasteiger partial charge in [0.2, 0.25) is 5.91 Å². The number of nitrogens with zero attached hydrogens (tertiary/aromatic N) is 1. The van der Waals surface area contributed by atoms with Gasteiger partial charge in [-0.2, -0.15) is 0 Å². The molecule has 2 amide bonds. The molecule has 3 heterocycles. The molecule has 0 saturated carbocycles. The zero-order valence-electron chi connectivity index (χ0n) is 22.2. The minimum Gasteiger partial charge on any atom is -0.361 e. The molecule has 0 bridgehead atoms. The normalized spacial score (nSPS) is 22.2. The van der Waals surface area contributed by atoms with Crippen molar-refractivity contribution < 1.29 is 19.1 Å². The Morgan fingerprint density at radius 1 is 1.03 bits per heavy atom. The summed E-state index contributed by atoms with van der Waals surface area (Å²) >= 11 is 0. The van der Waals surface area contributed by atoms with Gasteiger partial charge < -0.3 is 24.7 Å². The van der Waals surface area contributed by atoms with Crippen LogP contribution in [0.3, 0.4) is 0 Å². The fraction of sp³-hybridized carbons (Fsp3) is 0.312. The number of rotatable bonds is 7. The van der Waals surface area contributed by atoms with E-state index in [2.05, 4.69) is 22.4 Å². The van der Waals surface area contributed by atoms with Crippen LogP contribution in [0.4, 0.5) is 0 Å². The van der Waals surface area contributed by atoms with Crippen LogP contribution in [-0.2, 0) is 20.7 Å². The topological polar surface area (TPSA) is 83.7 Å². The van der Waals surface area contributed by atoms with Crippen LogP contribution in [-0.4, -0.2) is 53.3 Å². The summed E-state index contributed by atoms with van der Waals surface area (Å²) in [7, 11) is 0. The van der Waals surface area contributed by atoms with E-state index in [0.717, 1.165) is 27.6 Å². The minimum absolute atomic E-state index is 0.0578. The maximum Gasteiger partial charge on any atom is 0.254 e. The lowest BCUT2D eigenvalue weighted by molar-refractivity contribution is -0.139. The molecular formula is C32H33N3O4. The second-order valence-corrected chi connectivity index (χ2v) is 10.7. The third kappa shape index (κ3) is 4.95. The number of H-pyrrole nitrogens is 1. The average Bonchev–Trinajstić information content (AvgIpc) is 3.53. The molecule has 1 aromatic heterocycles. The summed E-state index contributed by atoms with van der Waals surface area (Å²) in [5.41, 5.74) is 4.47. The third-order valence-electron chi connectivity index (χ3n) is 7.73. The predicted octanol–water partition coefficient (Wildman–Crippen LogP) is 4.96. The molecule has 7 heteroatoms. The van der Waals surface area contributed by atoms with Gasteiger partial charge in [0.15, 0.2) is 5.79 Å². The van der Waals surface area contributed by atoms with Gasteiger partial charge in [0.05, 0.1) is 18.6 Å². The Bertz CT molecular complexity index is 1500. The number of benzene rings is 3. The summed E-state index contributed by atoms with van der Waals surface area (Å²) in [5, 5.41) is 4.26. The van der Waals surface area contributed by atoms with Crippen molar-refractivity contribution in [2.45, 2.75) is 44.1 Å². The van der Waals surface area contributed by atoms with Crippen molar-refractivity contribution in [2.75, 3.05) is 19.7 Å². The van der Waals surface area contributed by atoms with Crippen molar-refractivity contribution in [3.63, 3.8) is 0 Å². The molecule has 7 nitrogen and oxygen atoms in total. The molecular weight excluding hydrogens is 490 g/mol. The van der Waals surface area contributed by atoms with Crippen LogP contribution in [0.15, 0.2) is 85.1 Å². The van der Waals surface area contributed by atoms with Crippen LogP contribution in [0.2, 0.25) is 0 Å². The molecule has 1 saturated heterocycles. The van der Waals surface area contributed by atoms with Crippen LogP contribution < -0.4 is 5.32 Å². The smallest absolute Gasteiger partial charge is 0.254 e. The number of amides is 2. The lowest BCUT2D eigenvalue weighted by Crippen LogP contribution is -2.49. The first-order valence-electron chi connectivity index (χ1n) is 13.5. The first kappa shape index (κ1) is 25.3. The van der Waals surface area contributed by atoms with E-state index in [1.54, 1.807) is 0 Å². The molecule has 1 unspecified atom stereocenters. The van der Waals surface area contributed by atoms with Crippen molar-refractivity contribution in [2.24, 2.45) is 0 Å². The van der Waals surface area contributed by atoms with Crippen molar-refractivity contribution in [3.8, 4) is 0 Å². The molecule has 6 rings (SSSR count). The van der Waals surface area contributed by atoms with E-state index in [9.17, 15) is 9.59 Å². The van der Waals surface area contributed by atoms with Gasteiger partial charge in [-0.3, -0.25) is 9.59 Å². The van der Waals surface area contributed by atoms with E-state index >= 15 is 0 Å². The number of nitrogens with one attached hydrogen (secondary N) is 2. The molecule has 0 spiro atoms. The number of carbonyl (C=O) groups excluding carboxylic acids is 2. The highest BCUT2D eigenvalue weighted by molar-refractivity contribution is 6.01. The van der Waals surface area contributed by atoms with E-state index in [1.807, 2.05) is 91.7 Å². The molecule has 2 aliphatic rings. The van der Waals surface area contributed by atoms with Crippen LogP contribution in [0.1, 0.15) is 52.9 Å². The van der Waals surface area contributed by atoms with Gasteiger partial charge in [-0.1, -0.05) is 66.7 Å². The molecule has 0 radical (unpaired) electrons. The van der Waals surface area contributed by atoms with Crippen molar-refractivity contribution in [1.82, 2.24) is 15.2 Å². The van der Waals surface area contributed by atoms with Crippen LogP contribution in [0.5, 0.6) is 0 Å². The largest absolute Gasteiger partial charge is 0.361 e. The predicted molar refractivity (Wildman–Crippen MR) is 149 cm³/mol. The molecule has 39 heavy (non-hydrogen) atoms. The van der Waals surface area contributed by atoms with E-state index in [-0.39, 0.29) is 17.9 Å². The summed E-state index contributed by atoms with van der Waals surface area (Å²) in [5.74, 6) is -1.42. The molecule has 200 valence electrons. The molecule has 2 aliphatic heterocycles. The third-order valence-corrected chi connectivity index (χ3v) is 7.73. The Labute approximate surface area is 228 Å². The summed E-state index contributed by atoms with van der Waals surface area (Å²) in [6, 6.07) is 25.1. The summed E-state index contributed by atoms with van der Waals surface area (Å²) in [4.78, 5) is 33.2. The first-order valence-corrected chi connectivity index (χ1v) is 13.5. The zero-order valence-corrected chi connectivity index (χ0v) is 22.2. The fourth-order valence-electron chi connectivity index (χ4n) is 5.91. The van der Waals surface area contributed by atoms with Gasteiger partial charge in [0, 0.05) is 35.8 Å².